The standard InChI is InChI=1S/C20H18Cl2F3N3O/c1-27(2)11-19(14-5-8-16(21)17(22)9-14)28-10-18(26-12-28)13-3-6-15(7-4-13)29-20(23,24)25/h3-10,12,19H,11H2,1-2H3/t19-/m1/s1. The molecular formula is C20H18Cl2F3N3O. The summed E-state index contributed by atoms with van der Waals surface area (Å²) in [5.74, 6) is -0.276. The summed E-state index contributed by atoms with van der Waals surface area (Å²) in [6.07, 6.45) is -1.19. The maximum atomic E-state index is 12.3. The van der Waals surface area contributed by atoms with Gasteiger partial charge in [-0.3, -0.25) is 0 Å². The molecule has 0 fully saturated rings. The van der Waals surface area contributed by atoms with E-state index >= 15 is 0 Å². The van der Waals surface area contributed by atoms with Gasteiger partial charge in [-0.15, -0.1) is 13.2 Å². The summed E-state index contributed by atoms with van der Waals surface area (Å²) < 4.78 is 42.8. The van der Waals surface area contributed by atoms with Crippen LogP contribution in [0.15, 0.2) is 55.0 Å². The average Bonchev–Trinajstić information content (AvgIpc) is 3.11. The van der Waals surface area contributed by atoms with Crippen LogP contribution < -0.4 is 4.74 Å². The van der Waals surface area contributed by atoms with Gasteiger partial charge in [0, 0.05) is 18.3 Å². The van der Waals surface area contributed by atoms with Crippen molar-refractivity contribution in [3.8, 4) is 17.0 Å². The Balaban J connectivity index is 1.88. The highest BCUT2D eigenvalue weighted by Gasteiger charge is 2.31. The minimum Gasteiger partial charge on any atom is -0.406 e. The van der Waals surface area contributed by atoms with E-state index < -0.39 is 6.36 Å². The van der Waals surface area contributed by atoms with Crippen LogP contribution in [0.2, 0.25) is 10.0 Å². The number of halogens is 5. The molecule has 0 radical (unpaired) electrons. The van der Waals surface area contributed by atoms with Crippen LogP contribution in [-0.4, -0.2) is 41.5 Å². The molecule has 3 rings (SSSR count). The molecule has 29 heavy (non-hydrogen) atoms. The highest BCUT2D eigenvalue weighted by molar-refractivity contribution is 6.42. The molecule has 3 aromatic rings. The van der Waals surface area contributed by atoms with Crippen LogP contribution in [-0.2, 0) is 0 Å². The van der Waals surface area contributed by atoms with Gasteiger partial charge in [0.05, 0.1) is 28.1 Å². The fraction of sp³-hybridized carbons (Fsp3) is 0.250. The molecule has 4 nitrogen and oxygen atoms in total. The number of hydrogen-bond acceptors (Lipinski definition) is 3. The monoisotopic (exact) mass is 443 g/mol. The molecule has 0 saturated heterocycles. The fourth-order valence-corrected chi connectivity index (χ4v) is 3.23. The third-order valence-corrected chi connectivity index (χ3v) is 4.95. The van der Waals surface area contributed by atoms with Crippen LogP contribution >= 0.6 is 23.2 Å². The van der Waals surface area contributed by atoms with Crippen LogP contribution in [0.1, 0.15) is 11.6 Å². The van der Waals surface area contributed by atoms with Crippen LogP contribution in [0.5, 0.6) is 5.75 Å². The lowest BCUT2D eigenvalue weighted by molar-refractivity contribution is -0.274. The summed E-state index contributed by atoms with van der Waals surface area (Å²) in [5.41, 5.74) is 2.27. The lowest BCUT2D eigenvalue weighted by Crippen LogP contribution is -2.24. The Labute approximate surface area is 176 Å². The average molecular weight is 444 g/mol. The van der Waals surface area contributed by atoms with Gasteiger partial charge in [0.15, 0.2) is 0 Å². The second kappa shape index (κ2) is 8.65. The predicted molar refractivity (Wildman–Crippen MR) is 108 cm³/mol. The lowest BCUT2D eigenvalue weighted by atomic mass is 10.1. The van der Waals surface area contributed by atoms with Crippen molar-refractivity contribution in [1.82, 2.24) is 14.5 Å². The van der Waals surface area contributed by atoms with Gasteiger partial charge in [-0.1, -0.05) is 29.3 Å². The maximum absolute atomic E-state index is 12.3. The fourth-order valence-electron chi connectivity index (χ4n) is 2.92. The molecule has 0 spiro atoms. The summed E-state index contributed by atoms with van der Waals surface area (Å²) in [5, 5.41) is 0.944. The number of likely N-dealkylation sites (N-methyl/N-ethyl adjacent to an activating group) is 1. The molecule has 9 heteroatoms. The maximum Gasteiger partial charge on any atom is 0.573 e. The summed E-state index contributed by atoms with van der Waals surface area (Å²) in [6, 6.07) is 11.0. The SMILES string of the molecule is CN(C)C[C@H](c1ccc(Cl)c(Cl)c1)n1cnc(-c2ccc(OC(F)(F)F)cc2)c1. The largest absolute Gasteiger partial charge is 0.573 e. The van der Waals surface area contributed by atoms with Gasteiger partial charge in [-0.2, -0.15) is 0 Å². The minimum absolute atomic E-state index is 0.0751. The van der Waals surface area contributed by atoms with Gasteiger partial charge in [0.1, 0.15) is 5.75 Å². The molecule has 0 bridgehead atoms. The molecule has 0 N–H and O–H groups in total. The number of hydrogen-bond donors (Lipinski definition) is 0. The van der Waals surface area contributed by atoms with Gasteiger partial charge in [0.25, 0.3) is 0 Å². The normalized spacial score (nSPS) is 13.0. The van der Waals surface area contributed by atoms with Crippen LogP contribution in [0.4, 0.5) is 13.2 Å². The number of aromatic nitrogens is 2. The number of imidazole rings is 1. The molecule has 0 saturated carbocycles. The summed E-state index contributed by atoms with van der Waals surface area (Å²) in [7, 11) is 3.92. The zero-order valence-corrected chi connectivity index (χ0v) is 17.1. The van der Waals surface area contributed by atoms with Crippen molar-refractivity contribution in [3.05, 3.63) is 70.6 Å². The third-order valence-electron chi connectivity index (χ3n) is 4.21. The highest BCUT2D eigenvalue weighted by Crippen LogP contribution is 2.30. The summed E-state index contributed by atoms with van der Waals surface area (Å²) in [4.78, 5) is 6.44. The van der Waals surface area contributed by atoms with Gasteiger partial charge in [-0.05, 0) is 56.1 Å². The first kappa shape index (κ1) is 21.5. The van der Waals surface area contributed by atoms with Crippen molar-refractivity contribution in [1.29, 1.82) is 0 Å². The van der Waals surface area contributed by atoms with Gasteiger partial charge < -0.3 is 14.2 Å². The van der Waals surface area contributed by atoms with E-state index in [4.69, 9.17) is 23.2 Å². The summed E-state index contributed by atoms with van der Waals surface area (Å²) >= 11 is 12.2. The van der Waals surface area contributed by atoms with Crippen LogP contribution in [0.25, 0.3) is 11.3 Å². The van der Waals surface area contributed by atoms with E-state index in [1.165, 1.54) is 24.3 Å². The number of alkyl halides is 3. The lowest BCUT2D eigenvalue weighted by Gasteiger charge is -2.23. The Hall–Kier alpha value is -2.22. The van der Waals surface area contributed by atoms with Crippen LogP contribution in [0, 0.1) is 0 Å². The number of benzene rings is 2. The van der Waals surface area contributed by atoms with E-state index in [1.54, 1.807) is 12.4 Å². The zero-order chi connectivity index (χ0) is 21.2. The Morgan fingerprint density at radius 2 is 1.76 bits per heavy atom. The Kier molecular flexibility index (Phi) is 6.41. The van der Waals surface area contributed by atoms with E-state index in [0.29, 0.717) is 27.8 Å². The van der Waals surface area contributed by atoms with Crippen molar-refractivity contribution in [2.75, 3.05) is 20.6 Å². The van der Waals surface area contributed by atoms with Crippen molar-refractivity contribution < 1.29 is 17.9 Å². The van der Waals surface area contributed by atoms with E-state index in [2.05, 4.69) is 9.72 Å². The second-order valence-electron chi connectivity index (χ2n) is 6.73. The quantitative estimate of drug-likeness (QED) is 0.474. The Morgan fingerprint density at radius 3 is 2.34 bits per heavy atom. The number of nitrogens with zero attached hydrogens (tertiary/aromatic N) is 3. The molecule has 0 aliphatic rings. The van der Waals surface area contributed by atoms with Crippen LogP contribution in [0.3, 0.4) is 0 Å². The number of ether oxygens (including phenoxy) is 1. The third kappa shape index (κ3) is 5.65. The van der Waals surface area contributed by atoms with Crippen molar-refractivity contribution in [2.45, 2.75) is 12.4 Å². The molecule has 0 amide bonds. The van der Waals surface area contributed by atoms with E-state index in [9.17, 15) is 13.2 Å². The Bertz CT molecular complexity index is 972. The first-order valence-electron chi connectivity index (χ1n) is 8.62. The highest BCUT2D eigenvalue weighted by atomic mass is 35.5. The van der Waals surface area contributed by atoms with Crippen molar-refractivity contribution >= 4 is 23.2 Å². The molecule has 0 unspecified atom stereocenters. The van der Waals surface area contributed by atoms with E-state index in [1.807, 2.05) is 41.9 Å². The van der Waals surface area contributed by atoms with Gasteiger partial charge >= 0.3 is 6.36 Å². The zero-order valence-electron chi connectivity index (χ0n) is 15.6. The topological polar surface area (TPSA) is 30.3 Å². The van der Waals surface area contributed by atoms with E-state index in [-0.39, 0.29) is 11.8 Å². The van der Waals surface area contributed by atoms with E-state index in [0.717, 1.165) is 5.56 Å². The Morgan fingerprint density at radius 1 is 1.07 bits per heavy atom. The summed E-state index contributed by atoms with van der Waals surface area (Å²) in [6.45, 7) is 0.687. The minimum atomic E-state index is -4.72. The molecule has 1 aromatic heterocycles. The molecule has 154 valence electrons. The molecular weight excluding hydrogens is 426 g/mol. The predicted octanol–water partition coefficient (Wildman–Crippen LogP) is 5.91. The first-order valence-corrected chi connectivity index (χ1v) is 9.37. The molecule has 0 aliphatic heterocycles. The number of rotatable bonds is 6. The van der Waals surface area contributed by atoms with Gasteiger partial charge in [-0.25, -0.2) is 4.98 Å². The second-order valence-corrected chi connectivity index (χ2v) is 7.54. The first-order chi connectivity index (χ1) is 13.6. The van der Waals surface area contributed by atoms with Gasteiger partial charge in [0.2, 0.25) is 0 Å². The molecule has 1 heterocycles. The van der Waals surface area contributed by atoms with Crippen molar-refractivity contribution in [3.63, 3.8) is 0 Å². The molecule has 0 aliphatic carbocycles. The van der Waals surface area contributed by atoms with Crippen molar-refractivity contribution in [2.24, 2.45) is 0 Å². The molecule has 2 aromatic carbocycles. The molecule has 1 atom stereocenters. The smallest absolute Gasteiger partial charge is 0.406 e.